The second kappa shape index (κ2) is 5.27. The summed E-state index contributed by atoms with van der Waals surface area (Å²) in [5, 5.41) is 9.07. The fraction of sp³-hybridized carbons (Fsp3) is 0.500. The summed E-state index contributed by atoms with van der Waals surface area (Å²) in [6, 6.07) is 1.79. The minimum atomic E-state index is -0.722. The van der Waals surface area contributed by atoms with Crippen LogP contribution in [-0.2, 0) is 19.1 Å². The fourth-order valence-electron chi connectivity index (χ4n) is 1.86. The molecule has 19 heavy (non-hydrogen) atoms. The van der Waals surface area contributed by atoms with E-state index in [0.717, 1.165) is 0 Å². The van der Waals surface area contributed by atoms with Crippen LogP contribution in [0, 0.1) is 11.3 Å². The molecular formula is C14H17NO4. The topological polar surface area (TPSA) is 76.4 Å². The van der Waals surface area contributed by atoms with Gasteiger partial charge in [0.05, 0.1) is 12.2 Å². The van der Waals surface area contributed by atoms with E-state index in [9.17, 15) is 9.59 Å². The van der Waals surface area contributed by atoms with Gasteiger partial charge < -0.3 is 9.47 Å². The standard InChI is InChI=1S/C14H17NO4/c1-6-18-12(16)10(7-15)8(2)11-9(3)14(4,5)19-13(11)17/h6H2,1-5H3/b10-8-. The molecule has 0 N–H and O–H groups in total. The second-order valence-electron chi connectivity index (χ2n) is 4.73. The molecule has 0 amide bonds. The van der Waals surface area contributed by atoms with Crippen molar-refractivity contribution in [3.8, 4) is 6.07 Å². The van der Waals surface area contributed by atoms with Crippen LogP contribution in [0.5, 0.6) is 0 Å². The summed E-state index contributed by atoms with van der Waals surface area (Å²) in [6.45, 7) is 8.65. The highest BCUT2D eigenvalue weighted by atomic mass is 16.6. The number of carbonyl (C=O) groups excluding carboxylic acids is 2. The number of esters is 2. The van der Waals surface area contributed by atoms with Crippen molar-refractivity contribution < 1.29 is 19.1 Å². The first-order valence-electron chi connectivity index (χ1n) is 5.99. The monoisotopic (exact) mass is 263 g/mol. The zero-order valence-corrected chi connectivity index (χ0v) is 11.8. The lowest BCUT2D eigenvalue weighted by Crippen LogP contribution is -2.21. The molecule has 0 saturated carbocycles. The van der Waals surface area contributed by atoms with Crippen LogP contribution in [0.4, 0.5) is 0 Å². The number of cyclic esters (lactones) is 1. The van der Waals surface area contributed by atoms with Crippen molar-refractivity contribution in [2.75, 3.05) is 6.61 Å². The number of ether oxygens (including phenoxy) is 2. The van der Waals surface area contributed by atoms with Crippen molar-refractivity contribution in [3.63, 3.8) is 0 Å². The van der Waals surface area contributed by atoms with Crippen LogP contribution in [0.15, 0.2) is 22.3 Å². The summed E-state index contributed by atoms with van der Waals surface area (Å²) < 4.78 is 10.0. The van der Waals surface area contributed by atoms with E-state index in [1.807, 2.05) is 0 Å². The van der Waals surface area contributed by atoms with E-state index in [2.05, 4.69) is 0 Å². The van der Waals surface area contributed by atoms with Gasteiger partial charge in [0, 0.05) is 0 Å². The predicted molar refractivity (Wildman–Crippen MR) is 67.8 cm³/mol. The Morgan fingerprint density at radius 1 is 1.47 bits per heavy atom. The van der Waals surface area contributed by atoms with E-state index in [-0.39, 0.29) is 17.8 Å². The summed E-state index contributed by atoms with van der Waals surface area (Å²) in [4.78, 5) is 23.5. The van der Waals surface area contributed by atoms with Gasteiger partial charge in [0.2, 0.25) is 0 Å². The van der Waals surface area contributed by atoms with Crippen LogP contribution in [0.3, 0.4) is 0 Å². The molecular weight excluding hydrogens is 246 g/mol. The molecule has 1 rings (SSSR count). The van der Waals surface area contributed by atoms with Crippen molar-refractivity contribution in [1.82, 2.24) is 0 Å². The van der Waals surface area contributed by atoms with Gasteiger partial charge in [-0.1, -0.05) is 0 Å². The van der Waals surface area contributed by atoms with Crippen molar-refractivity contribution in [2.45, 2.75) is 40.2 Å². The molecule has 0 fully saturated rings. The quantitative estimate of drug-likeness (QED) is 0.442. The molecule has 5 nitrogen and oxygen atoms in total. The largest absolute Gasteiger partial charge is 0.462 e. The molecule has 0 aromatic heterocycles. The molecule has 102 valence electrons. The van der Waals surface area contributed by atoms with Gasteiger partial charge >= 0.3 is 11.9 Å². The Hall–Kier alpha value is -2.09. The first-order valence-corrected chi connectivity index (χ1v) is 5.99. The minimum absolute atomic E-state index is 0.161. The molecule has 0 spiro atoms. The van der Waals surface area contributed by atoms with E-state index >= 15 is 0 Å². The van der Waals surface area contributed by atoms with Crippen LogP contribution >= 0.6 is 0 Å². The first kappa shape index (κ1) is 15.0. The Morgan fingerprint density at radius 3 is 2.42 bits per heavy atom. The maximum atomic E-state index is 11.9. The second-order valence-corrected chi connectivity index (χ2v) is 4.73. The lowest BCUT2D eigenvalue weighted by molar-refractivity contribution is -0.144. The number of nitriles is 1. The Bertz CT molecular complexity index is 532. The Balaban J connectivity index is 3.36. The average molecular weight is 263 g/mol. The molecule has 5 heteroatoms. The maximum Gasteiger partial charge on any atom is 0.349 e. The SMILES string of the molecule is CCOC(=O)/C(C#N)=C(/C)C1=C(C)C(C)(C)OC1=O. The number of carbonyl (C=O) groups is 2. The highest BCUT2D eigenvalue weighted by molar-refractivity contribution is 6.02. The van der Waals surface area contributed by atoms with Crippen molar-refractivity contribution in [1.29, 1.82) is 5.26 Å². The normalized spacial score (nSPS) is 18.6. The predicted octanol–water partition coefficient (Wildman–Crippen LogP) is 2.04. The third-order valence-corrected chi connectivity index (χ3v) is 3.17. The third-order valence-electron chi connectivity index (χ3n) is 3.17. The van der Waals surface area contributed by atoms with Crippen LogP contribution in [-0.4, -0.2) is 24.1 Å². The van der Waals surface area contributed by atoms with Gasteiger partial charge in [-0.25, -0.2) is 9.59 Å². The van der Waals surface area contributed by atoms with E-state index in [1.165, 1.54) is 0 Å². The number of hydrogen-bond acceptors (Lipinski definition) is 5. The van der Waals surface area contributed by atoms with Crippen molar-refractivity contribution >= 4 is 11.9 Å². The first-order chi connectivity index (χ1) is 8.76. The Kier molecular flexibility index (Phi) is 4.15. The molecule has 1 aliphatic heterocycles. The summed E-state index contributed by atoms with van der Waals surface area (Å²) >= 11 is 0. The van der Waals surface area contributed by atoms with Gasteiger partial charge in [-0.05, 0) is 45.8 Å². The zero-order chi connectivity index (χ0) is 14.8. The summed E-state index contributed by atoms with van der Waals surface area (Å²) in [5.74, 6) is -1.24. The van der Waals surface area contributed by atoms with Crippen LogP contribution in [0.25, 0.3) is 0 Å². The minimum Gasteiger partial charge on any atom is -0.462 e. The number of rotatable bonds is 3. The zero-order valence-electron chi connectivity index (χ0n) is 11.8. The number of hydrogen-bond donors (Lipinski definition) is 0. The van der Waals surface area contributed by atoms with Crippen LogP contribution in [0.2, 0.25) is 0 Å². The van der Waals surface area contributed by atoms with E-state index in [1.54, 1.807) is 40.7 Å². The van der Waals surface area contributed by atoms with E-state index in [0.29, 0.717) is 11.1 Å². The Labute approximate surface area is 112 Å². The fourth-order valence-corrected chi connectivity index (χ4v) is 1.86. The maximum absolute atomic E-state index is 11.9. The van der Waals surface area contributed by atoms with Crippen LogP contribution < -0.4 is 0 Å². The summed E-state index contributed by atoms with van der Waals surface area (Å²) in [6.07, 6.45) is 0. The average Bonchev–Trinajstić information content (AvgIpc) is 2.49. The van der Waals surface area contributed by atoms with Gasteiger partial charge in [0.1, 0.15) is 17.2 Å². The van der Waals surface area contributed by atoms with Gasteiger partial charge in [-0.3, -0.25) is 0 Å². The lowest BCUT2D eigenvalue weighted by Gasteiger charge is -2.18. The highest BCUT2D eigenvalue weighted by Gasteiger charge is 2.39. The molecule has 1 heterocycles. The lowest BCUT2D eigenvalue weighted by atomic mass is 9.92. The number of nitrogens with zero attached hydrogens (tertiary/aromatic N) is 1. The van der Waals surface area contributed by atoms with Crippen molar-refractivity contribution in [2.24, 2.45) is 0 Å². The molecule has 0 atom stereocenters. The van der Waals surface area contributed by atoms with Gasteiger partial charge in [-0.15, -0.1) is 0 Å². The molecule has 0 aromatic rings. The molecule has 0 aromatic carbocycles. The molecule has 0 saturated heterocycles. The summed E-state index contributed by atoms with van der Waals surface area (Å²) in [7, 11) is 0. The molecule has 0 aliphatic carbocycles. The van der Waals surface area contributed by atoms with Gasteiger partial charge in [-0.2, -0.15) is 5.26 Å². The third kappa shape index (κ3) is 2.68. The van der Waals surface area contributed by atoms with E-state index in [4.69, 9.17) is 14.7 Å². The molecule has 0 bridgehead atoms. The molecule has 1 aliphatic rings. The van der Waals surface area contributed by atoms with E-state index < -0.39 is 17.5 Å². The van der Waals surface area contributed by atoms with Gasteiger partial charge in [0.15, 0.2) is 0 Å². The van der Waals surface area contributed by atoms with Crippen LogP contribution in [0.1, 0.15) is 34.6 Å². The highest BCUT2D eigenvalue weighted by Crippen LogP contribution is 2.36. The smallest absolute Gasteiger partial charge is 0.349 e. The molecule has 0 unspecified atom stereocenters. The van der Waals surface area contributed by atoms with Gasteiger partial charge in [0.25, 0.3) is 0 Å². The Morgan fingerprint density at radius 2 is 2.05 bits per heavy atom. The molecule has 0 radical (unpaired) electrons. The summed E-state index contributed by atoms with van der Waals surface area (Å²) in [5.41, 5.74) is 0.407. The van der Waals surface area contributed by atoms with Crippen molar-refractivity contribution in [3.05, 3.63) is 22.3 Å².